The lowest BCUT2D eigenvalue weighted by Crippen LogP contribution is -1.92. The van der Waals surface area contributed by atoms with Gasteiger partial charge in [0.1, 0.15) is 0 Å². The Morgan fingerprint density at radius 1 is 1.58 bits per heavy atom. The number of hydrogen-bond acceptors (Lipinski definition) is 2. The summed E-state index contributed by atoms with van der Waals surface area (Å²) < 4.78 is 17.6. The zero-order valence-corrected chi connectivity index (χ0v) is 7.66. The predicted molar refractivity (Wildman–Crippen MR) is 47.0 cm³/mol. The first-order valence-corrected chi connectivity index (χ1v) is 3.86. The molecule has 0 aromatic heterocycles. The molecule has 0 bridgehead atoms. The van der Waals surface area contributed by atoms with Gasteiger partial charge in [-0.3, -0.25) is 4.79 Å². The molecule has 0 saturated carbocycles. The lowest BCUT2D eigenvalue weighted by Gasteiger charge is -2.01. The van der Waals surface area contributed by atoms with E-state index in [9.17, 15) is 9.18 Å². The maximum Gasteiger partial charge on any atom is 0.178 e. The van der Waals surface area contributed by atoms with Crippen LogP contribution in [0.15, 0.2) is 18.2 Å². The number of ether oxygens (including phenoxy) is 1. The smallest absolute Gasteiger partial charge is 0.178 e. The Morgan fingerprint density at radius 3 is 2.67 bits per heavy atom. The van der Waals surface area contributed by atoms with Crippen LogP contribution in [0.25, 0.3) is 0 Å². The zero-order valence-electron chi connectivity index (χ0n) is 6.50. The summed E-state index contributed by atoms with van der Waals surface area (Å²) in [5, 5.41) is 0. The number of rotatable bonds is 2. The van der Waals surface area contributed by atoms with Crippen molar-refractivity contribution in [1.82, 2.24) is 0 Å². The quantitative estimate of drug-likeness (QED) is 0.659. The van der Waals surface area contributed by atoms with Crippen molar-refractivity contribution in [3.05, 3.63) is 29.6 Å². The number of carbonyl (C=O) groups excluding carboxylic acids is 1. The summed E-state index contributed by atoms with van der Waals surface area (Å²) in [6.45, 7) is 0. The topological polar surface area (TPSA) is 26.3 Å². The highest BCUT2D eigenvalue weighted by atomic mass is 31.0. The number of halogens is 1. The van der Waals surface area contributed by atoms with Gasteiger partial charge in [-0.25, -0.2) is 4.39 Å². The first kappa shape index (κ1) is 9.14. The molecule has 1 atom stereocenters. The summed E-state index contributed by atoms with van der Waals surface area (Å²) in [6.07, 6.45) is 0. The lowest BCUT2D eigenvalue weighted by molar-refractivity contribution is 0.108. The highest BCUT2D eigenvalue weighted by molar-refractivity contribution is 7.41. The van der Waals surface area contributed by atoms with E-state index in [-0.39, 0.29) is 11.3 Å². The van der Waals surface area contributed by atoms with Crippen LogP contribution in [-0.2, 0) is 0 Å². The molecular formula is C8H8FO2P. The Labute approximate surface area is 71.9 Å². The van der Waals surface area contributed by atoms with Crippen molar-refractivity contribution in [2.24, 2.45) is 0 Å². The van der Waals surface area contributed by atoms with E-state index in [4.69, 9.17) is 0 Å². The molecule has 1 aromatic carbocycles. The Balaban J connectivity index is 3.10. The standard InChI is InChI=1S/C8H8FO2P/c1-11-7-3-2-5(8(10)12)4-6(7)9/h2-4H,12H2,1H3. The molecule has 0 saturated heterocycles. The van der Waals surface area contributed by atoms with E-state index in [0.29, 0.717) is 5.56 Å². The Morgan fingerprint density at radius 2 is 2.25 bits per heavy atom. The predicted octanol–water partition coefficient (Wildman–Crippen LogP) is 1.85. The van der Waals surface area contributed by atoms with Crippen LogP contribution in [0.1, 0.15) is 10.4 Å². The molecule has 0 fully saturated rings. The molecule has 1 unspecified atom stereocenters. The van der Waals surface area contributed by atoms with E-state index in [1.165, 1.54) is 19.2 Å². The van der Waals surface area contributed by atoms with Crippen molar-refractivity contribution in [2.75, 3.05) is 7.11 Å². The minimum atomic E-state index is -0.522. The SMILES string of the molecule is COc1ccc(C(=O)P)cc1F. The van der Waals surface area contributed by atoms with Crippen molar-refractivity contribution in [1.29, 1.82) is 0 Å². The summed E-state index contributed by atoms with van der Waals surface area (Å²) in [4.78, 5) is 10.8. The fourth-order valence-corrected chi connectivity index (χ4v) is 0.999. The molecule has 64 valence electrons. The summed E-state index contributed by atoms with van der Waals surface area (Å²) in [5.74, 6) is -0.379. The fraction of sp³-hybridized carbons (Fsp3) is 0.125. The molecule has 4 heteroatoms. The van der Waals surface area contributed by atoms with Crippen LogP contribution in [0.2, 0.25) is 0 Å². The maximum atomic E-state index is 12.9. The van der Waals surface area contributed by atoms with Gasteiger partial charge in [-0.1, -0.05) is 9.24 Å². The molecule has 0 amide bonds. The van der Waals surface area contributed by atoms with Crippen LogP contribution in [0, 0.1) is 5.82 Å². The van der Waals surface area contributed by atoms with Gasteiger partial charge in [0, 0.05) is 5.56 Å². The first-order chi connectivity index (χ1) is 5.65. The van der Waals surface area contributed by atoms with Gasteiger partial charge < -0.3 is 4.74 Å². The highest BCUT2D eigenvalue weighted by Crippen LogP contribution is 2.18. The molecule has 1 aromatic rings. The van der Waals surface area contributed by atoms with E-state index < -0.39 is 5.82 Å². The van der Waals surface area contributed by atoms with Gasteiger partial charge >= 0.3 is 0 Å². The van der Waals surface area contributed by atoms with Crippen LogP contribution >= 0.6 is 9.24 Å². The Bertz CT molecular complexity index is 312. The second kappa shape index (κ2) is 3.63. The van der Waals surface area contributed by atoms with Gasteiger partial charge in [0.15, 0.2) is 17.1 Å². The second-order valence-electron chi connectivity index (χ2n) is 2.21. The van der Waals surface area contributed by atoms with E-state index in [0.717, 1.165) is 6.07 Å². The molecule has 1 rings (SSSR count). The second-order valence-corrected chi connectivity index (χ2v) is 2.74. The maximum absolute atomic E-state index is 12.9. The van der Waals surface area contributed by atoms with E-state index in [1.54, 1.807) is 0 Å². The van der Waals surface area contributed by atoms with Crippen LogP contribution in [-0.4, -0.2) is 12.6 Å². The van der Waals surface area contributed by atoms with Crippen LogP contribution in [0.4, 0.5) is 4.39 Å². The van der Waals surface area contributed by atoms with Gasteiger partial charge in [0.25, 0.3) is 0 Å². The molecule has 0 aliphatic carbocycles. The van der Waals surface area contributed by atoms with Crippen molar-refractivity contribution < 1.29 is 13.9 Å². The number of benzene rings is 1. The normalized spacial score (nSPS) is 9.58. The fourth-order valence-electron chi connectivity index (χ4n) is 0.820. The molecule has 0 radical (unpaired) electrons. The first-order valence-electron chi connectivity index (χ1n) is 3.28. The Kier molecular flexibility index (Phi) is 2.77. The monoisotopic (exact) mass is 186 g/mol. The summed E-state index contributed by atoms with van der Waals surface area (Å²) in [5.41, 5.74) is 0.0786. The average molecular weight is 186 g/mol. The van der Waals surface area contributed by atoms with Gasteiger partial charge in [0.2, 0.25) is 0 Å². The third-order valence-electron chi connectivity index (χ3n) is 1.44. The van der Waals surface area contributed by atoms with Crippen LogP contribution in [0.3, 0.4) is 0 Å². The van der Waals surface area contributed by atoms with Gasteiger partial charge in [-0.2, -0.15) is 0 Å². The van der Waals surface area contributed by atoms with Gasteiger partial charge in [-0.05, 0) is 18.2 Å². The lowest BCUT2D eigenvalue weighted by atomic mass is 10.2. The van der Waals surface area contributed by atoms with E-state index >= 15 is 0 Å². The molecule has 0 spiro atoms. The summed E-state index contributed by atoms with van der Waals surface area (Å²) in [7, 11) is 3.36. The minimum Gasteiger partial charge on any atom is -0.494 e. The summed E-state index contributed by atoms with van der Waals surface area (Å²) in [6, 6.07) is 4.08. The molecule has 2 nitrogen and oxygen atoms in total. The average Bonchev–Trinajstić information content (AvgIpc) is 2.04. The number of hydrogen-bond donors (Lipinski definition) is 0. The van der Waals surface area contributed by atoms with Crippen molar-refractivity contribution in [2.45, 2.75) is 0 Å². The van der Waals surface area contributed by atoms with E-state index in [1.807, 2.05) is 9.24 Å². The molecule has 0 N–H and O–H groups in total. The molecule has 0 heterocycles. The summed E-state index contributed by atoms with van der Waals surface area (Å²) >= 11 is 0. The number of carbonyl (C=O) groups is 1. The van der Waals surface area contributed by atoms with E-state index in [2.05, 4.69) is 4.74 Å². The Hall–Kier alpha value is -0.950. The third-order valence-corrected chi connectivity index (χ3v) is 1.77. The minimum absolute atomic E-state index is 0.144. The zero-order chi connectivity index (χ0) is 9.14. The largest absolute Gasteiger partial charge is 0.494 e. The van der Waals surface area contributed by atoms with Crippen molar-refractivity contribution in [3.8, 4) is 5.75 Å². The van der Waals surface area contributed by atoms with Crippen LogP contribution < -0.4 is 4.74 Å². The molecule has 12 heavy (non-hydrogen) atoms. The molecule has 0 aliphatic heterocycles. The van der Waals surface area contributed by atoms with Crippen LogP contribution in [0.5, 0.6) is 5.75 Å². The van der Waals surface area contributed by atoms with Gasteiger partial charge in [-0.15, -0.1) is 0 Å². The van der Waals surface area contributed by atoms with Gasteiger partial charge in [0.05, 0.1) is 7.11 Å². The third kappa shape index (κ3) is 1.80. The molecule has 0 aliphatic rings. The molecular weight excluding hydrogens is 178 g/mol. The van der Waals surface area contributed by atoms with Crippen molar-refractivity contribution in [3.63, 3.8) is 0 Å². The number of methoxy groups -OCH3 is 1. The van der Waals surface area contributed by atoms with Crippen molar-refractivity contribution >= 4 is 14.8 Å². The highest BCUT2D eigenvalue weighted by Gasteiger charge is 2.05.